The average molecular weight is 302 g/mol. The van der Waals surface area contributed by atoms with Crippen LogP contribution in [0.15, 0.2) is 49.2 Å². The van der Waals surface area contributed by atoms with Gasteiger partial charge in [-0.25, -0.2) is 18.7 Å². The van der Waals surface area contributed by atoms with Gasteiger partial charge in [0.1, 0.15) is 17.3 Å². The van der Waals surface area contributed by atoms with Crippen molar-refractivity contribution in [3.63, 3.8) is 0 Å². The van der Waals surface area contributed by atoms with Crippen LogP contribution in [0.25, 0.3) is 11.5 Å². The molecule has 0 amide bonds. The van der Waals surface area contributed by atoms with Crippen molar-refractivity contribution in [1.29, 1.82) is 0 Å². The van der Waals surface area contributed by atoms with Crippen molar-refractivity contribution in [2.24, 2.45) is 0 Å². The molecule has 0 bridgehead atoms. The van der Waals surface area contributed by atoms with Gasteiger partial charge in [-0.3, -0.25) is 4.98 Å². The molecular weight excluding hydrogens is 290 g/mol. The van der Waals surface area contributed by atoms with Gasteiger partial charge in [0.05, 0.1) is 18.8 Å². The Morgan fingerprint density at radius 2 is 2.00 bits per heavy atom. The van der Waals surface area contributed by atoms with Crippen LogP contribution in [0.2, 0.25) is 0 Å². The van der Waals surface area contributed by atoms with Crippen molar-refractivity contribution in [2.75, 3.05) is 0 Å². The zero-order valence-corrected chi connectivity index (χ0v) is 11.4. The van der Waals surface area contributed by atoms with Gasteiger partial charge in [0, 0.05) is 30.4 Å². The number of rotatable bonds is 4. The predicted octanol–water partition coefficient (Wildman–Crippen LogP) is 2.35. The predicted molar refractivity (Wildman–Crippen MR) is 74.6 cm³/mol. The lowest BCUT2D eigenvalue weighted by atomic mass is 10.1. The fourth-order valence-electron chi connectivity index (χ4n) is 2.16. The lowest BCUT2D eigenvalue weighted by Gasteiger charge is -2.14. The van der Waals surface area contributed by atoms with E-state index in [0.29, 0.717) is 11.5 Å². The van der Waals surface area contributed by atoms with Gasteiger partial charge in [-0.1, -0.05) is 0 Å². The molecule has 0 aliphatic heterocycles. The number of nitrogens with zero attached hydrogens (tertiary/aromatic N) is 4. The van der Waals surface area contributed by atoms with E-state index in [1.165, 1.54) is 18.6 Å². The molecule has 0 spiro atoms. The maximum Gasteiger partial charge on any atom is 0.160 e. The molecule has 0 fully saturated rings. The van der Waals surface area contributed by atoms with E-state index in [1.807, 2.05) is 0 Å². The third-order valence-corrected chi connectivity index (χ3v) is 3.19. The topological polar surface area (TPSA) is 63.8 Å². The van der Waals surface area contributed by atoms with Gasteiger partial charge in [0.15, 0.2) is 5.82 Å². The van der Waals surface area contributed by atoms with Crippen LogP contribution in [0.4, 0.5) is 8.78 Å². The van der Waals surface area contributed by atoms with Crippen molar-refractivity contribution in [1.82, 2.24) is 19.5 Å². The van der Waals surface area contributed by atoms with Gasteiger partial charge >= 0.3 is 0 Å². The number of aliphatic hydroxyl groups excluding tert-OH is 1. The maximum atomic E-state index is 13.7. The summed E-state index contributed by atoms with van der Waals surface area (Å²) in [5, 5.41) is 10.2. The zero-order valence-electron chi connectivity index (χ0n) is 11.4. The molecule has 112 valence electrons. The van der Waals surface area contributed by atoms with Crippen LogP contribution in [0.1, 0.15) is 11.7 Å². The van der Waals surface area contributed by atoms with E-state index in [1.54, 1.807) is 17.0 Å². The quantitative estimate of drug-likeness (QED) is 0.803. The van der Waals surface area contributed by atoms with Gasteiger partial charge in [-0.05, 0) is 18.2 Å². The molecule has 1 N–H and O–H groups in total. The van der Waals surface area contributed by atoms with Crippen LogP contribution in [0.5, 0.6) is 0 Å². The van der Waals surface area contributed by atoms with Crippen molar-refractivity contribution < 1.29 is 13.9 Å². The molecule has 0 aliphatic rings. The summed E-state index contributed by atoms with van der Waals surface area (Å²) in [4.78, 5) is 12.2. The number of halogens is 2. The Bertz CT molecular complexity index is 776. The van der Waals surface area contributed by atoms with Crippen molar-refractivity contribution in [3.8, 4) is 11.5 Å². The fourth-order valence-corrected chi connectivity index (χ4v) is 2.16. The number of aromatic nitrogens is 4. The van der Waals surface area contributed by atoms with Crippen LogP contribution in [0.3, 0.4) is 0 Å². The van der Waals surface area contributed by atoms with Crippen LogP contribution in [0, 0.1) is 11.6 Å². The zero-order chi connectivity index (χ0) is 15.5. The summed E-state index contributed by atoms with van der Waals surface area (Å²) in [6.07, 6.45) is 6.56. The molecule has 0 radical (unpaired) electrons. The smallest absolute Gasteiger partial charge is 0.160 e. The third kappa shape index (κ3) is 2.84. The first-order valence-electron chi connectivity index (χ1n) is 6.55. The number of hydrogen-bond acceptors (Lipinski definition) is 4. The van der Waals surface area contributed by atoms with Crippen LogP contribution in [-0.2, 0) is 6.54 Å². The molecule has 0 saturated heterocycles. The second-order valence-corrected chi connectivity index (χ2v) is 4.68. The Morgan fingerprint density at radius 3 is 2.77 bits per heavy atom. The highest BCUT2D eigenvalue weighted by Gasteiger charge is 2.17. The maximum absolute atomic E-state index is 13.7. The molecule has 3 rings (SSSR count). The summed E-state index contributed by atoms with van der Waals surface area (Å²) in [7, 11) is 0. The molecule has 0 aliphatic carbocycles. The molecule has 1 unspecified atom stereocenters. The summed E-state index contributed by atoms with van der Waals surface area (Å²) in [6, 6.07) is 2.98. The normalized spacial score (nSPS) is 12.3. The minimum atomic E-state index is -1.21. The van der Waals surface area contributed by atoms with Gasteiger partial charge in [0.25, 0.3) is 0 Å². The van der Waals surface area contributed by atoms with Crippen LogP contribution >= 0.6 is 0 Å². The first kappa shape index (κ1) is 14.3. The first-order chi connectivity index (χ1) is 10.6. The second kappa shape index (κ2) is 5.98. The number of hydrogen-bond donors (Lipinski definition) is 1. The SMILES string of the molecule is OC(Cn1ccnc1-c1cnccn1)c1cc(F)ccc1F. The van der Waals surface area contributed by atoms with E-state index in [-0.39, 0.29) is 12.1 Å². The summed E-state index contributed by atoms with van der Waals surface area (Å²) in [5.41, 5.74) is 0.429. The molecule has 22 heavy (non-hydrogen) atoms. The minimum Gasteiger partial charge on any atom is -0.386 e. The van der Waals surface area contributed by atoms with E-state index in [2.05, 4.69) is 15.0 Å². The lowest BCUT2D eigenvalue weighted by molar-refractivity contribution is 0.152. The van der Waals surface area contributed by atoms with E-state index in [4.69, 9.17) is 0 Å². The van der Waals surface area contributed by atoms with Gasteiger partial charge in [-0.2, -0.15) is 0 Å². The van der Waals surface area contributed by atoms with E-state index < -0.39 is 17.7 Å². The summed E-state index contributed by atoms with van der Waals surface area (Å²) < 4.78 is 28.5. The molecule has 3 aromatic rings. The highest BCUT2D eigenvalue weighted by Crippen LogP contribution is 2.22. The minimum absolute atomic E-state index is 0.0201. The Kier molecular flexibility index (Phi) is 3.88. The fraction of sp³-hybridized carbons (Fsp3) is 0.133. The molecule has 2 heterocycles. The Labute approximate surface area is 124 Å². The molecule has 1 atom stereocenters. The molecule has 5 nitrogen and oxygen atoms in total. The van der Waals surface area contributed by atoms with Crippen LogP contribution in [-0.4, -0.2) is 24.6 Å². The Morgan fingerprint density at radius 1 is 1.14 bits per heavy atom. The van der Waals surface area contributed by atoms with Gasteiger partial charge < -0.3 is 9.67 Å². The number of imidazole rings is 1. The molecule has 7 heteroatoms. The highest BCUT2D eigenvalue weighted by atomic mass is 19.1. The number of benzene rings is 1. The van der Waals surface area contributed by atoms with Gasteiger partial charge in [-0.15, -0.1) is 0 Å². The molecule has 1 aromatic carbocycles. The number of aliphatic hydroxyl groups is 1. The molecular formula is C15H12F2N4O. The monoisotopic (exact) mass is 302 g/mol. The van der Waals surface area contributed by atoms with E-state index in [0.717, 1.165) is 18.2 Å². The largest absolute Gasteiger partial charge is 0.386 e. The summed E-state index contributed by atoms with van der Waals surface area (Å²) >= 11 is 0. The lowest BCUT2D eigenvalue weighted by Crippen LogP contribution is -2.11. The molecule has 2 aromatic heterocycles. The van der Waals surface area contributed by atoms with Crippen molar-refractivity contribution in [3.05, 3.63) is 66.4 Å². The van der Waals surface area contributed by atoms with Crippen LogP contribution < -0.4 is 0 Å². The summed E-state index contributed by atoms with van der Waals surface area (Å²) in [6.45, 7) is 0.0201. The average Bonchev–Trinajstić information content (AvgIpc) is 2.98. The highest BCUT2D eigenvalue weighted by molar-refractivity contribution is 5.47. The third-order valence-electron chi connectivity index (χ3n) is 3.19. The summed E-state index contributed by atoms with van der Waals surface area (Å²) in [5.74, 6) is -0.769. The van der Waals surface area contributed by atoms with E-state index >= 15 is 0 Å². The van der Waals surface area contributed by atoms with Crippen molar-refractivity contribution >= 4 is 0 Å². The second-order valence-electron chi connectivity index (χ2n) is 4.68. The van der Waals surface area contributed by atoms with E-state index in [9.17, 15) is 13.9 Å². The Balaban J connectivity index is 1.88. The Hall–Kier alpha value is -2.67. The molecule has 0 saturated carbocycles. The first-order valence-corrected chi connectivity index (χ1v) is 6.55. The van der Waals surface area contributed by atoms with Gasteiger partial charge in [0.2, 0.25) is 0 Å². The van der Waals surface area contributed by atoms with Crippen molar-refractivity contribution in [2.45, 2.75) is 12.6 Å². The standard InChI is InChI=1S/C15H12F2N4O/c16-10-1-2-12(17)11(7-10)14(22)9-21-6-5-20-15(21)13-8-18-3-4-19-13/h1-8,14,22H,9H2.